The zero-order valence-corrected chi connectivity index (χ0v) is 11.3. The summed E-state index contributed by atoms with van der Waals surface area (Å²) in [4.78, 5) is 14.4. The molecule has 0 aromatic carbocycles. The second-order valence-electron chi connectivity index (χ2n) is 6.13. The van der Waals surface area contributed by atoms with Gasteiger partial charge >= 0.3 is 0 Å². The molecular formula is C12H23ClN2O. The number of likely N-dealkylation sites (tertiary alicyclic amines) is 1. The molecule has 0 radical (unpaired) electrons. The summed E-state index contributed by atoms with van der Waals surface area (Å²) in [5.41, 5.74) is 0.179. The topological polar surface area (TPSA) is 32.3 Å². The Balaban J connectivity index is 0.00000128. The first-order valence-electron chi connectivity index (χ1n) is 5.93. The Labute approximate surface area is 104 Å². The third-order valence-corrected chi connectivity index (χ3v) is 3.85. The van der Waals surface area contributed by atoms with Gasteiger partial charge in [0.15, 0.2) is 0 Å². The number of rotatable bonds is 1. The van der Waals surface area contributed by atoms with E-state index in [-0.39, 0.29) is 17.8 Å². The molecule has 16 heavy (non-hydrogen) atoms. The van der Waals surface area contributed by atoms with E-state index in [0.29, 0.717) is 11.3 Å². The Morgan fingerprint density at radius 1 is 1.25 bits per heavy atom. The molecule has 0 bridgehead atoms. The summed E-state index contributed by atoms with van der Waals surface area (Å²) >= 11 is 0. The molecule has 2 fully saturated rings. The normalized spacial score (nSPS) is 32.6. The van der Waals surface area contributed by atoms with Crippen LogP contribution in [0.5, 0.6) is 0 Å². The van der Waals surface area contributed by atoms with E-state index in [9.17, 15) is 4.79 Å². The minimum Gasteiger partial charge on any atom is -0.342 e. The zero-order chi connectivity index (χ0) is 11.1. The number of carbonyl (C=O) groups is 1. The predicted molar refractivity (Wildman–Crippen MR) is 67.8 cm³/mol. The Bertz CT molecular complexity index is 272. The van der Waals surface area contributed by atoms with Crippen LogP contribution in [0.4, 0.5) is 0 Å². The molecule has 2 aliphatic rings. The molecule has 1 amide bonds. The fraction of sp³-hybridized carbons (Fsp3) is 0.917. The smallest absolute Gasteiger partial charge is 0.229 e. The van der Waals surface area contributed by atoms with E-state index in [1.807, 2.05) is 0 Å². The molecule has 1 unspecified atom stereocenters. The van der Waals surface area contributed by atoms with E-state index in [1.54, 1.807) is 0 Å². The molecule has 3 nitrogen and oxygen atoms in total. The summed E-state index contributed by atoms with van der Waals surface area (Å²) in [5.74, 6) is 0.359. The van der Waals surface area contributed by atoms with Crippen molar-refractivity contribution >= 4 is 18.3 Å². The van der Waals surface area contributed by atoms with Crippen LogP contribution in [0, 0.1) is 10.8 Å². The SMILES string of the molecule is CC1(C)CCN(C(=O)C2(C)CCNC2)C1.Cl. The summed E-state index contributed by atoms with van der Waals surface area (Å²) < 4.78 is 0. The van der Waals surface area contributed by atoms with Gasteiger partial charge in [-0.25, -0.2) is 0 Å². The second kappa shape index (κ2) is 4.53. The lowest BCUT2D eigenvalue weighted by Gasteiger charge is -2.29. The molecule has 4 heteroatoms. The molecule has 1 N–H and O–H groups in total. The van der Waals surface area contributed by atoms with Crippen molar-refractivity contribution in [1.82, 2.24) is 10.2 Å². The van der Waals surface area contributed by atoms with Crippen molar-refractivity contribution in [2.45, 2.75) is 33.6 Å². The van der Waals surface area contributed by atoms with Crippen LogP contribution in [0.15, 0.2) is 0 Å². The lowest BCUT2D eigenvalue weighted by Crippen LogP contribution is -2.43. The Morgan fingerprint density at radius 3 is 2.38 bits per heavy atom. The summed E-state index contributed by atoms with van der Waals surface area (Å²) in [5, 5.41) is 3.29. The highest BCUT2D eigenvalue weighted by Crippen LogP contribution is 2.34. The van der Waals surface area contributed by atoms with Crippen LogP contribution >= 0.6 is 12.4 Å². The zero-order valence-electron chi connectivity index (χ0n) is 10.5. The summed E-state index contributed by atoms with van der Waals surface area (Å²) in [6, 6.07) is 0. The van der Waals surface area contributed by atoms with Crippen molar-refractivity contribution in [3.05, 3.63) is 0 Å². The van der Waals surface area contributed by atoms with Crippen molar-refractivity contribution in [2.75, 3.05) is 26.2 Å². The van der Waals surface area contributed by atoms with E-state index in [2.05, 4.69) is 31.0 Å². The van der Waals surface area contributed by atoms with Crippen molar-refractivity contribution in [1.29, 1.82) is 0 Å². The van der Waals surface area contributed by atoms with Crippen LogP contribution in [-0.2, 0) is 4.79 Å². The number of nitrogens with zero attached hydrogens (tertiary/aromatic N) is 1. The highest BCUT2D eigenvalue weighted by atomic mass is 35.5. The quantitative estimate of drug-likeness (QED) is 0.764. The first kappa shape index (κ1) is 13.8. The average Bonchev–Trinajstić information content (AvgIpc) is 2.72. The van der Waals surface area contributed by atoms with E-state index < -0.39 is 0 Å². The van der Waals surface area contributed by atoms with Crippen LogP contribution < -0.4 is 5.32 Å². The molecule has 0 saturated carbocycles. The van der Waals surface area contributed by atoms with Crippen molar-refractivity contribution in [3.8, 4) is 0 Å². The van der Waals surface area contributed by atoms with E-state index in [1.165, 1.54) is 0 Å². The van der Waals surface area contributed by atoms with Crippen LogP contribution in [0.2, 0.25) is 0 Å². The number of carbonyl (C=O) groups excluding carboxylic acids is 1. The standard InChI is InChI=1S/C12H22N2O.ClH/c1-11(2)5-7-14(9-11)10(15)12(3)4-6-13-8-12;/h13H,4-9H2,1-3H3;1H. The van der Waals surface area contributed by atoms with E-state index in [4.69, 9.17) is 0 Å². The highest BCUT2D eigenvalue weighted by Gasteiger charge is 2.42. The Hall–Kier alpha value is -0.280. The Morgan fingerprint density at radius 2 is 1.94 bits per heavy atom. The second-order valence-corrected chi connectivity index (χ2v) is 6.13. The van der Waals surface area contributed by atoms with Gasteiger partial charge < -0.3 is 10.2 Å². The lowest BCUT2D eigenvalue weighted by molar-refractivity contribution is -0.139. The third-order valence-electron chi connectivity index (χ3n) is 3.85. The molecule has 94 valence electrons. The summed E-state index contributed by atoms with van der Waals surface area (Å²) in [7, 11) is 0. The molecule has 2 rings (SSSR count). The monoisotopic (exact) mass is 246 g/mol. The van der Waals surface area contributed by atoms with Crippen LogP contribution in [0.1, 0.15) is 33.6 Å². The molecule has 1 atom stereocenters. The fourth-order valence-electron chi connectivity index (χ4n) is 2.67. The highest BCUT2D eigenvalue weighted by molar-refractivity contribution is 5.85. The number of amides is 1. The van der Waals surface area contributed by atoms with Crippen molar-refractivity contribution in [3.63, 3.8) is 0 Å². The Kier molecular flexibility index (Phi) is 3.91. The maximum Gasteiger partial charge on any atom is 0.229 e. The van der Waals surface area contributed by atoms with Gasteiger partial charge in [-0.2, -0.15) is 0 Å². The van der Waals surface area contributed by atoms with Gasteiger partial charge in [0.1, 0.15) is 0 Å². The summed E-state index contributed by atoms with van der Waals surface area (Å²) in [6.45, 7) is 10.3. The molecule has 0 spiro atoms. The molecule has 2 heterocycles. The van der Waals surface area contributed by atoms with Gasteiger partial charge in [-0.05, 0) is 31.7 Å². The first-order valence-corrected chi connectivity index (χ1v) is 5.93. The maximum atomic E-state index is 12.3. The van der Waals surface area contributed by atoms with Gasteiger partial charge in [0.2, 0.25) is 5.91 Å². The van der Waals surface area contributed by atoms with Crippen LogP contribution in [0.25, 0.3) is 0 Å². The number of halogens is 1. The van der Waals surface area contributed by atoms with Gasteiger partial charge in [0.25, 0.3) is 0 Å². The molecule has 2 saturated heterocycles. The minimum atomic E-state index is -0.138. The first-order chi connectivity index (χ1) is 6.93. The number of hydrogen-bond donors (Lipinski definition) is 1. The molecular weight excluding hydrogens is 224 g/mol. The van der Waals surface area contributed by atoms with Crippen molar-refractivity contribution in [2.24, 2.45) is 10.8 Å². The molecule has 0 aromatic rings. The van der Waals surface area contributed by atoms with Crippen LogP contribution in [0.3, 0.4) is 0 Å². The predicted octanol–water partition coefficient (Wildman–Crippen LogP) is 1.67. The van der Waals surface area contributed by atoms with E-state index in [0.717, 1.165) is 39.0 Å². The van der Waals surface area contributed by atoms with E-state index >= 15 is 0 Å². The molecule has 0 aliphatic carbocycles. The minimum absolute atomic E-state index is 0. The van der Waals surface area contributed by atoms with Crippen LogP contribution in [-0.4, -0.2) is 37.0 Å². The molecule has 0 aromatic heterocycles. The van der Waals surface area contributed by atoms with Gasteiger partial charge in [-0.15, -0.1) is 12.4 Å². The lowest BCUT2D eigenvalue weighted by atomic mass is 9.88. The third kappa shape index (κ3) is 2.51. The largest absolute Gasteiger partial charge is 0.342 e. The van der Waals surface area contributed by atoms with Gasteiger partial charge in [-0.3, -0.25) is 4.79 Å². The summed E-state index contributed by atoms with van der Waals surface area (Å²) in [6.07, 6.45) is 2.13. The van der Waals surface area contributed by atoms with Crippen molar-refractivity contribution < 1.29 is 4.79 Å². The number of hydrogen-bond acceptors (Lipinski definition) is 2. The van der Waals surface area contributed by atoms with Gasteiger partial charge in [0.05, 0.1) is 5.41 Å². The average molecular weight is 247 g/mol. The van der Waals surface area contributed by atoms with Gasteiger partial charge in [0, 0.05) is 19.6 Å². The molecule has 2 aliphatic heterocycles. The maximum absolute atomic E-state index is 12.3. The van der Waals surface area contributed by atoms with Gasteiger partial charge in [-0.1, -0.05) is 13.8 Å². The fourth-order valence-corrected chi connectivity index (χ4v) is 2.67. The number of nitrogens with one attached hydrogen (secondary N) is 1.